The summed E-state index contributed by atoms with van der Waals surface area (Å²) in [5.74, 6) is -56.6. The van der Waals surface area contributed by atoms with E-state index in [0.717, 1.165) is 0 Å². The molecule has 0 saturated heterocycles. The summed E-state index contributed by atoms with van der Waals surface area (Å²) in [6.45, 7) is 6.57. The fourth-order valence-electron chi connectivity index (χ4n) is 1.69. The first-order valence-electron chi connectivity index (χ1n) is 9.91. The van der Waals surface area contributed by atoms with E-state index in [0.29, 0.717) is 0 Å². The zero-order valence-electron chi connectivity index (χ0n) is 20.9. The fourth-order valence-corrected chi connectivity index (χ4v) is 1.69. The average Bonchev–Trinajstić information content (AvgIpc) is 2.81. The first-order chi connectivity index (χ1) is 18.9. The summed E-state index contributed by atoms with van der Waals surface area (Å²) in [6.07, 6.45) is -26.5. The van der Waals surface area contributed by atoms with E-state index in [4.69, 9.17) is 0 Å². The second-order valence-corrected chi connectivity index (χ2v) is 7.80. The summed E-state index contributed by atoms with van der Waals surface area (Å²) in [6, 6.07) is 0. The van der Waals surface area contributed by atoms with E-state index in [9.17, 15) is 119 Å². The van der Waals surface area contributed by atoms with Crippen molar-refractivity contribution in [1.82, 2.24) is 0 Å². The quantitative estimate of drug-likeness (QED) is 0.160. The molecule has 0 aliphatic rings. The van der Waals surface area contributed by atoms with Crippen molar-refractivity contribution in [1.29, 1.82) is 0 Å². The van der Waals surface area contributed by atoms with Gasteiger partial charge in [-0.3, -0.25) is 0 Å². The van der Waals surface area contributed by atoms with Crippen molar-refractivity contribution in [3.8, 4) is 0 Å². The van der Waals surface area contributed by atoms with Gasteiger partial charge in [0, 0.05) is 44.6 Å². The van der Waals surface area contributed by atoms with Gasteiger partial charge in [-0.1, -0.05) is 0 Å². The summed E-state index contributed by atoms with van der Waals surface area (Å²) in [7, 11) is 0. The molecule has 46 heavy (non-hydrogen) atoms. The van der Waals surface area contributed by atoms with E-state index in [-0.39, 0.29) is 25.3 Å². The largest absolute Gasteiger partial charge is 0.460 e. The molecule has 0 unspecified atom stereocenters. The molecule has 0 fully saturated rings. The smallest absolute Gasteiger partial charge is 0.200 e. The minimum Gasteiger partial charge on any atom is -0.200 e. The van der Waals surface area contributed by atoms with Crippen molar-refractivity contribution in [3.05, 3.63) is 20.8 Å². The van der Waals surface area contributed by atoms with Crippen LogP contribution >= 0.6 is 0 Å². The molecule has 0 aliphatic heterocycles. The van der Waals surface area contributed by atoms with E-state index in [1.54, 1.807) is 0 Å². The molecule has 0 saturated carbocycles. The third kappa shape index (κ3) is 9.53. The predicted molar refractivity (Wildman–Crippen MR) is 100 cm³/mol. The van der Waals surface area contributed by atoms with Crippen molar-refractivity contribution in [2.75, 3.05) is 0 Å². The Labute approximate surface area is 256 Å². The Morgan fingerprint density at radius 1 is 0.261 bits per heavy atom. The second-order valence-electron chi connectivity index (χ2n) is 7.80. The molecule has 28 heteroatoms. The zero-order valence-corrected chi connectivity index (χ0v) is 23.8. The number of halogens is 27. The molecule has 7 radical (unpaired) electrons. The Balaban J connectivity index is -0.000000184. The molecule has 0 spiro atoms. The molecule has 0 amide bonds. The van der Waals surface area contributed by atoms with Gasteiger partial charge >= 0.3 is 71.8 Å². The maximum atomic E-state index is 12.2. The van der Waals surface area contributed by atoms with Crippen LogP contribution in [0.2, 0.25) is 0 Å². The predicted octanol–water partition coefficient (Wildman–Crippen LogP) is 10.9. The zero-order chi connectivity index (χ0) is 38.1. The van der Waals surface area contributed by atoms with Crippen LogP contribution in [-0.2, 0) is 0 Å². The fraction of sp³-hybridized carbons (Fsp3) is 0.833. The summed E-state index contributed by atoms with van der Waals surface area (Å²) in [5, 5.41) is 0. The normalized spacial score (nSPS) is 15.3. The van der Waals surface area contributed by atoms with Crippen molar-refractivity contribution in [2.24, 2.45) is 0 Å². The van der Waals surface area contributed by atoms with Gasteiger partial charge in [-0.25, -0.2) is 0 Å². The standard InChI is InChI=1S/3C6H4F9.Sn.H2/c3*1-2-3(7,8)4(9,10)5(11,12)6(13,14)15;;/h3*1-2H2;;1H. The monoisotopic (exact) mass is 863 g/mol. The molecule has 0 N–H and O–H groups in total. The number of rotatable bonds is 9. The van der Waals surface area contributed by atoms with Crippen LogP contribution in [0.25, 0.3) is 0 Å². The SMILES string of the molecule is [CH2]CC(F)(F)C(F)(F)C(F)(F)C(F)(F)F.[CH2]CC(F)(F)C(F)(F)C(F)(F)C(F)(F)F.[CH2]CC(F)(F)C(F)(F)C(F)(F)C(F)(F)F.[HH].[Sn]. The minimum atomic E-state index is -6.80. The van der Waals surface area contributed by atoms with Gasteiger partial charge in [0.2, 0.25) is 0 Å². The summed E-state index contributed by atoms with van der Waals surface area (Å²) in [5.41, 5.74) is 0. The van der Waals surface area contributed by atoms with Gasteiger partial charge in [-0.15, -0.1) is 0 Å². The van der Waals surface area contributed by atoms with Crippen molar-refractivity contribution >= 4 is 23.9 Å². The van der Waals surface area contributed by atoms with Crippen LogP contribution < -0.4 is 0 Å². The molecule has 0 nitrogen and oxygen atoms in total. The van der Waals surface area contributed by atoms with Gasteiger partial charge in [0.1, 0.15) is 0 Å². The molecule has 0 rings (SSSR count). The summed E-state index contributed by atoms with van der Waals surface area (Å²) >= 11 is 0. The Morgan fingerprint density at radius 3 is 0.435 bits per heavy atom. The molecular formula is C18H14F27Sn. The molecule has 0 bridgehead atoms. The van der Waals surface area contributed by atoms with Crippen LogP contribution in [-0.4, -0.2) is 95.7 Å². The topological polar surface area (TPSA) is 0 Å². The minimum absolute atomic E-state index is 0. The Kier molecular flexibility index (Phi) is 16.6. The van der Waals surface area contributed by atoms with Gasteiger partial charge in [0.05, 0.1) is 0 Å². The van der Waals surface area contributed by atoms with Gasteiger partial charge in [-0.05, 0) is 20.8 Å². The van der Waals surface area contributed by atoms with E-state index >= 15 is 0 Å². The Bertz CT molecular complexity index is 809. The Hall–Kier alpha value is -1.09. The van der Waals surface area contributed by atoms with E-state index in [1.807, 2.05) is 0 Å². The molecular weight excluding hydrogens is 848 g/mol. The van der Waals surface area contributed by atoms with Gasteiger partial charge in [0.15, 0.2) is 0 Å². The number of alkyl halides is 27. The first-order valence-corrected chi connectivity index (χ1v) is 9.91. The van der Waals surface area contributed by atoms with Crippen LogP contribution in [0.3, 0.4) is 0 Å². The van der Waals surface area contributed by atoms with Crippen LogP contribution in [0.1, 0.15) is 20.7 Å². The van der Waals surface area contributed by atoms with Crippen molar-refractivity contribution in [2.45, 2.75) is 91.1 Å². The Morgan fingerprint density at radius 2 is 0.370 bits per heavy atom. The molecule has 0 aromatic heterocycles. The van der Waals surface area contributed by atoms with Gasteiger partial charge in [-0.2, -0.15) is 119 Å². The molecule has 0 heterocycles. The first kappa shape index (κ1) is 51.7. The number of hydrogen-bond acceptors (Lipinski definition) is 0. The van der Waals surface area contributed by atoms with Crippen LogP contribution in [0.15, 0.2) is 0 Å². The molecule has 0 aromatic carbocycles. The molecule has 0 atom stereocenters. The van der Waals surface area contributed by atoms with E-state index in [2.05, 4.69) is 20.8 Å². The summed E-state index contributed by atoms with van der Waals surface area (Å²) < 4.78 is 321. The van der Waals surface area contributed by atoms with E-state index in [1.165, 1.54) is 0 Å². The van der Waals surface area contributed by atoms with Crippen LogP contribution in [0.4, 0.5) is 119 Å². The van der Waals surface area contributed by atoms with Gasteiger partial charge < -0.3 is 0 Å². The van der Waals surface area contributed by atoms with E-state index < -0.39 is 91.1 Å². The third-order valence-electron chi connectivity index (χ3n) is 4.57. The van der Waals surface area contributed by atoms with Crippen molar-refractivity contribution < 1.29 is 120 Å². The van der Waals surface area contributed by atoms with Crippen LogP contribution in [0.5, 0.6) is 0 Å². The maximum Gasteiger partial charge on any atom is 0.460 e. The van der Waals surface area contributed by atoms with Gasteiger partial charge in [0.25, 0.3) is 0 Å². The average molecular weight is 862 g/mol. The number of hydrogen-bond donors (Lipinski definition) is 0. The molecule has 279 valence electrons. The second kappa shape index (κ2) is 14.8. The molecule has 0 aliphatic carbocycles. The van der Waals surface area contributed by atoms with Crippen LogP contribution in [0, 0.1) is 20.8 Å². The molecule has 0 aromatic rings. The third-order valence-corrected chi connectivity index (χ3v) is 4.57. The van der Waals surface area contributed by atoms with Crippen molar-refractivity contribution in [3.63, 3.8) is 0 Å². The maximum absolute atomic E-state index is 12.2. The summed E-state index contributed by atoms with van der Waals surface area (Å²) in [4.78, 5) is 0.